The third-order valence-electron chi connectivity index (χ3n) is 7.88. The summed E-state index contributed by atoms with van der Waals surface area (Å²) in [6.45, 7) is 4.28. The van der Waals surface area contributed by atoms with E-state index in [-0.39, 0.29) is 47.3 Å². The molecule has 4 aliphatic rings. The molecular formula is C21H29ClO3. The Morgan fingerprint density at radius 2 is 2.00 bits per heavy atom. The summed E-state index contributed by atoms with van der Waals surface area (Å²) in [5.41, 5.74) is 2.96. The van der Waals surface area contributed by atoms with E-state index in [9.17, 15) is 14.7 Å². The Kier molecular flexibility index (Phi) is 4.79. The Balaban J connectivity index is 0.00000182. The molecule has 0 bridgehead atoms. The summed E-state index contributed by atoms with van der Waals surface area (Å²) in [5, 5.41) is 9.35. The van der Waals surface area contributed by atoms with Crippen LogP contribution < -0.4 is 0 Å². The monoisotopic (exact) mass is 364 g/mol. The van der Waals surface area contributed by atoms with Gasteiger partial charge in [0.1, 0.15) is 6.61 Å². The van der Waals surface area contributed by atoms with Gasteiger partial charge in [0.25, 0.3) is 0 Å². The number of ketones is 2. The predicted octanol–water partition coefficient (Wildman–Crippen LogP) is 4.04. The SMILES string of the molecule is C[C@]12CCC(=O)C=C1CC[C@@H]1C2=CC[C@]2(C)[C@@H](C(=O)CO)CC[C@@H]12.Cl. The molecule has 138 valence electrons. The molecule has 2 saturated carbocycles. The fourth-order valence-corrected chi connectivity index (χ4v) is 6.49. The van der Waals surface area contributed by atoms with Crippen molar-refractivity contribution in [2.24, 2.45) is 28.6 Å². The molecule has 4 aliphatic carbocycles. The van der Waals surface area contributed by atoms with Gasteiger partial charge in [-0.3, -0.25) is 9.59 Å². The third-order valence-corrected chi connectivity index (χ3v) is 7.88. The largest absolute Gasteiger partial charge is 0.389 e. The van der Waals surface area contributed by atoms with E-state index in [4.69, 9.17) is 0 Å². The average molecular weight is 365 g/mol. The topological polar surface area (TPSA) is 54.4 Å². The molecule has 0 heterocycles. The van der Waals surface area contributed by atoms with Crippen LogP contribution in [-0.4, -0.2) is 23.3 Å². The van der Waals surface area contributed by atoms with Crippen LogP contribution in [0.25, 0.3) is 0 Å². The number of fused-ring (bicyclic) bond motifs is 5. The maximum atomic E-state index is 12.2. The number of aliphatic hydroxyl groups is 1. The second-order valence-corrected chi connectivity index (χ2v) is 8.84. The number of hydrogen-bond acceptors (Lipinski definition) is 3. The van der Waals surface area contributed by atoms with E-state index in [1.807, 2.05) is 6.08 Å². The highest BCUT2D eigenvalue weighted by Crippen LogP contribution is 2.64. The molecule has 0 spiro atoms. The molecule has 0 aromatic heterocycles. The highest BCUT2D eigenvalue weighted by atomic mass is 35.5. The maximum absolute atomic E-state index is 12.2. The molecule has 5 atom stereocenters. The minimum Gasteiger partial charge on any atom is -0.389 e. The molecule has 0 unspecified atom stereocenters. The summed E-state index contributed by atoms with van der Waals surface area (Å²) < 4.78 is 0. The maximum Gasteiger partial charge on any atom is 0.161 e. The summed E-state index contributed by atoms with van der Waals surface area (Å²) in [5.74, 6) is 1.44. The van der Waals surface area contributed by atoms with E-state index in [0.717, 1.165) is 38.5 Å². The van der Waals surface area contributed by atoms with Crippen LogP contribution in [0.3, 0.4) is 0 Å². The highest BCUT2D eigenvalue weighted by Gasteiger charge is 2.57. The lowest BCUT2D eigenvalue weighted by Gasteiger charge is -2.53. The second kappa shape index (κ2) is 6.35. The fourth-order valence-electron chi connectivity index (χ4n) is 6.49. The van der Waals surface area contributed by atoms with E-state index >= 15 is 0 Å². The second-order valence-electron chi connectivity index (χ2n) is 8.84. The van der Waals surface area contributed by atoms with Crippen molar-refractivity contribution in [3.8, 4) is 0 Å². The standard InChI is InChI=1S/C21H28O3.ClH/c1-20-9-7-14(23)11-13(20)3-4-15-16-5-6-18(19(24)12-22)21(16,2)10-8-17(15)20;/h8,11,15-16,18,22H,3-7,9-10,12H2,1-2H3;1H/t15-,16-,18+,20-,21-;/m0./s1. The Hall–Kier alpha value is -0.930. The molecule has 2 fully saturated rings. The number of aliphatic hydroxyl groups excluding tert-OH is 1. The van der Waals surface area contributed by atoms with Crippen LogP contribution in [-0.2, 0) is 9.59 Å². The number of halogens is 1. The number of rotatable bonds is 2. The van der Waals surface area contributed by atoms with Gasteiger partial charge in [0.15, 0.2) is 11.6 Å². The number of allylic oxidation sites excluding steroid dienone is 4. The van der Waals surface area contributed by atoms with Gasteiger partial charge in [-0.2, -0.15) is 0 Å². The van der Waals surface area contributed by atoms with Crippen LogP contribution in [0, 0.1) is 28.6 Å². The molecule has 1 N–H and O–H groups in total. The zero-order valence-corrected chi connectivity index (χ0v) is 16.0. The Morgan fingerprint density at radius 1 is 1.24 bits per heavy atom. The van der Waals surface area contributed by atoms with Crippen molar-refractivity contribution in [2.75, 3.05) is 6.61 Å². The van der Waals surface area contributed by atoms with Crippen LogP contribution in [0.1, 0.15) is 58.8 Å². The zero-order chi connectivity index (χ0) is 17.1. The van der Waals surface area contributed by atoms with Gasteiger partial charge in [0, 0.05) is 17.8 Å². The van der Waals surface area contributed by atoms with Crippen molar-refractivity contribution in [3.05, 3.63) is 23.3 Å². The highest BCUT2D eigenvalue weighted by molar-refractivity contribution is 5.92. The van der Waals surface area contributed by atoms with E-state index in [0.29, 0.717) is 18.3 Å². The molecule has 0 saturated heterocycles. The third kappa shape index (κ3) is 2.57. The van der Waals surface area contributed by atoms with E-state index in [1.165, 1.54) is 5.57 Å². The van der Waals surface area contributed by atoms with Gasteiger partial charge in [-0.15, -0.1) is 12.4 Å². The smallest absolute Gasteiger partial charge is 0.161 e. The Labute approximate surface area is 156 Å². The van der Waals surface area contributed by atoms with Crippen molar-refractivity contribution < 1.29 is 14.7 Å². The number of carbonyl (C=O) groups is 2. The molecule has 4 heteroatoms. The minimum absolute atomic E-state index is 0. The van der Waals surface area contributed by atoms with Crippen LogP contribution in [0.15, 0.2) is 23.3 Å². The number of hydrogen-bond donors (Lipinski definition) is 1. The average Bonchev–Trinajstić information content (AvgIpc) is 2.92. The summed E-state index contributed by atoms with van der Waals surface area (Å²) >= 11 is 0. The molecule has 4 rings (SSSR count). The van der Waals surface area contributed by atoms with Gasteiger partial charge >= 0.3 is 0 Å². The van der Waals surface area contributed by atoms with Gasteiger partial charge in [0.2, 0.25) is 0 Å². The van der Waals surface area contributed by atoms with Gasteiger partial charge in [-0.1, -0.05) is 31.1 Å². The summed E-state index contributed by atoms with van der Waals surface area (Å²) in [7, 11) is 0. The lowest BCUT2D eigenvalue weighted by atomic mass is 9.51. The number of Topliss-reactive ketones (excluding diaryl/α,β-unsaturated/α-hetero) is 1. The first kappa shape index (κ1) is 18.8. The fraction of sp³-hybridized carbons (Fsp3) is 0.714. The van der Waals surface area contributed by atoms with E-state index in [1.54, 1.807) is 5.57 Å². The molecular weight excluding hydrogens is 336 g/mol. The Bertz CT molecular complexity index is 664. The first-order valence-electron chi connectivity index (χ1n) is 9.48. The summed E-state index contributed by atoms with van der Waals surface area (Å²) in [6, 6.07) is 0. The first-order chi connectivity index (χ1) is 11.4. The molecule has 25 heavy (non-hydrogen) atoms. The van der Waals surface area contributed by atoms with E-state index in [2.05, 4.69) is 19.9 Å². The van der Waals surface area contributed by atoms with Crippen molar-refractivity contribution in [2.45, 2.75) is 58.8 Å². The van der Waals surface area contributed by atoms with Crippen molar-refractivity contribution in [1.82, 2.24) is 0 Å². The molecule has 0 aliphatic heterocycles. The lowest BCUT2D eigenvalue weighted by Crippen LogP contribution is -2.45. The van der Waals surface area contributed by atoms with Gasteiger partial charge in [-0.25, -0.2) is 0 Å². The van der Waals surface area contributed by atoms with Crippen LogP contribution in [0.5, 0.6) is 0 Å². The normalized spacial score (nSPS) is 42.4. The van der Waals surface area contributed by atoms with Crippen molar-refractivity contribution >= 4 is 24.0 Å². The first-order valence-corrected chi connectivity index (χ1v) is 9.48. The minimum atomic E-state index is -0.319. The van der Waals surface area contributed by atoms with Crippen LogP contribution in [0.4, 0.5) is 0 Å². The summed E-state index contributed by atoms with van der Waals surface area (Å²) in [6.07, 6.45) is 11.0. The van der Waals surface area contributed by atoms with Gasteiger partial charge < -0.3 is 5.11 Å². The molecule has 0 aromatic rings. The predicted molar refractivity (Wildman–Crippen MR) is 99.5 cm³/mol. The lowest BCUT2D eigenvalue weighted by molar-refractivity contribution is -0.129. The zero-order valence-electron chi connectivity index (χ0n) is 15.2. The molecule has 0 aromatic carbocycles. The van der Waals surface area contributed by atoms with Gasteiger partial charge in [-0.05, 0) is 61.9 Å². The number of carbonyl (C=O) groups excluding carboxylic acids is 2. The Morgan fingerprint density at radius 3 is 2.72 bits per heavy atom. The van der Waals surface area contributed by atoms with E-state index < -0.39 is 0 Å². The quantitative estimate of drug-likeness (QED) is 0.752. The van der Waals surface area contributed by atoms with Crippen molar-refractivity contribution in [1.29, 1.82) is 0 Å². The molecule has 0 radical (unpaired) electrons. The van der Waals surface area contributed by atoms with Gasteiger partial charge in [0.05, 0.1) is 0 Å². The van der Waals surface area contributed by atoms with Crippen LogP contribution in [0.2, 0.25) is 0 Å². The van der Waals surface area contributed by atoms with Crippen LogP contribution >= 0.6 is 12.4 Å². The summed E-state index contributed by atoms with van der Waals surface area (Å²) in [4.78, 5) is 24.1. The molecule has 3 nitrogen and oxygen atoms in total. The molecule has 0 amide bonds. The van der Waals surface area contributed by atoms with Crippen molar-refractivity contribution in [3.63, 3.8) is 0 Å².